The summed E-state index contributed by atoms with van der Waals surface area (Å²) < 4.78 is 42.4. The molecule has 4 heterocycles. The summed E-state index contributed by atoms with van der Waals surface area (Å²) in [4.78, 5) is 12.3. The SMILES string of the molecule is Bc1sc(N(c2c(CC)nc3ccc(C4CCN(S(C)(=O)=O)CC4)cn23)C(B)(B)B)nc1-c1ccc(F)cc1. The minimum absolute atomic E-state index is 0.265. The molecule has 0 N–H and O–H groups in total. The Kier molecular flexibility index (Phi) is 7.49. The Morgan fingerprint density at radius 2 is 1.77 bits per heavy atom. The summed E-state index contributed by atoms with van der Waals surface area (Å²) in [6.07, 6.45) is 5.81. The Balaban J connectivity index is 1.59. The van der Waals surface area contributed by atoms with Gasteiger partial charge in [0.15, 0.2) is 13.0 Å². The number of aromatic nitrogens is 3. The number of rotatable bonds is 7. The highest BCUT2D eigenvalue weighted by Crippen LogP contribution is 2.38. The Morgan fingerprint density at radius 3 is 2.36 bits per heavy atom. The summed E-state index contributed by atoms with van der Waals surface area (Å²) >= 11 is 1.63. The fourth-order valence-corrected chi connectivity index (χ4v) is 7.38. The van der Waals surface area contributed by atoms with Crippen LogP contribution in [0.4, 0.5) is 15.3 Å². The van der Waals surface area contributed by atoms with Crippen LogP contribution in [0, 0.1) is 5.82 Å². The van der Waals surface area contributed by atoms with Crippen molar-refractivity contribution < 1.29 is 12.8 Å². The van der Waals surface area contributed by atoms with E-state index in [0.29, 0.717) is 13.1 Å². The fourth-order valence-electron chi connectivity index (χ4n) is 5.38. The van der Waals surface area contributed by atoms with Gasteiger partial charge in [0.1, 0.15) is 40.8 Å². The molecule has 0 atom stereocenters. The Morgan fingerprint density at radius 1 is 1.10 bits per heavy atom. The molecule has 5 rings (SSSR count). The van der Waals surface area contributed by atoms with Gasteiger partial charge in [-0.3, -0.25) is 4.40 Å². The second-order valence-corrected chi connectivity index (χ2v) is 14.4. The molecule has 0 aliphatic carbocycles. The predicted octanol–water partition coefficient (Wildman–Crippen LogP) is 0.205. The molecule has 7 nitrogen and oxygen atoms in total. The van der Waals surface area contributed by atoms with E-state index in [1.807, 2.05) is 0 Å². The van der Waals surface area contributed by atoms with Gasteiger partial charge >= 0.3 is 0 Å². The average molecular weight is 561 g/mol. The van der Waals surface area contributed by atoms with Gasteiger partial charge in [-0.25, -0.2) is 27.1 Å². The van der Waals surface area contributed by atoms with E-state index < -0.39 is 10.0 Å². The molecule has 0 amide bonds. The molecule has 14 heteroatoms. The lowest BCUT2D eigenvalue weighted by molar-refractivity contribution is 0.321. The first kappa shape index (κ1) is 28.0. The third-order valence-electron chi connectivity index (χ3n) is 7.39. The summed E-state index contributed by atoms with van der Waals surface area (Å²) in [5.41, 5.74) is 4.80. The zero-order chi connectivity index (χ0) is 28.1. The van der Waals surface area contributed by atoms with Gasteiger partial charge in [-0.2, -0.15) is 0 Å². The number of sulfonamides is 1. The van der Waals surface area contributed by atoms with Gasteiger partial charge in [0.05, 0.1) is 17.6 Å². The number of pyridine rings is 1. The average Bonchev–Trinajstić information content (AvgIpc) is 3.43. The molecule has 1 aromatic carbocycles. The smallest absolute Gasteiger partial charge is 0.211 e. The molecular formula is C25H32B4FN5O2S2. The Hall–Kier alpha value is -2.56. The highest BCUT2D eigenvalue weighted by Gasteiger charge is 2.32. The van der Waals surface area contributed by atoms with E-state index in [9.17, 15) is 12.8 Å². The lowest BCUT2D eigenvalue weighted by atomic mass is 9.48. The van der Waals surface area contributed by atoms with E-state index in [2.05, 4.69) is 65.9 Å². The second-order valence-electron chi connectivity index (χ2n) is 11.3. The predicted molar refractivity (Wildman–Crippen MR) is 169 cm³/mol. The number of fused-ring (bicyclic) bond motifs is 1. The van der Waals surface area contributed by atoms with Crippen molar-refractivity contribution in [2.24, 2.45) is 0 Å². The van der Waals surface area contributed by atoms with Crippen molar-refractivity contribution in [3.8, 4) is 11.3 Å². The summed E-state index contributed by atoms with van der Waals surface area (Å²) in [6.45, 7) is 3.19. The highest BCUT2D eigenvalue weighted by atomic mass is 32.2. The molecule has 0 unspecified atom stereocenters. The van der Waals surface area contributed by atoms with Crippen molar-refractivity contribution in [3.63, 3.8) is 0 Å². The van der Waals surface area contributed by atoms with E-state index in [0.717, 1.165) is 57.6 Å². The second kappa shape index (κ2) is 10.4. The van der Waals surface area contributed by atoms with Gasteiger partial charge in [-0.1, -0.05) is 13.0 Å². The number of imidazole rings is 1. The first-order valence-electron chi connectivity index (χ1n) is 13.4. The zero-order valence-corrected chi connectivity index (χ0v) is 25.0. The van der Waals surface area contributed by atoms with Gasteiger partial charge in [-0.05, 0) is 71.1 Å². The molecule has 0 radical (unpaired) electrons. The summed E-state index contributed by atoms with van der Waals surface area (Å²) in [6, 6.07) is 10.7. The van der Waals surface area contributed by atoms with Crippen molar-refractivity contribution in [3.05, 3.63) is 59.7 Å². The van der Waals surface area contributed by atoms with Gasteiger partial charge in [-0.15, -0.1) is 11.3 Å². The number of halogens is 1. The maximum absolute atomic E-state index is 13.6. The van der Waals surface area contributed by atoms with E-state index in [-0.39, 0.29) is 17.0 Å². The lowest BCUT2D eigenvalue weighted by Gasteiger charge is -2.36. The third kappa shape index (κ3) is 5.56. The molecule has 200 valence electrons. The van der Waals surface area contributed by atoms with E-state index in [1.54, 1.807) is 27.8 Å². The maximum Gasteiger partial charge on any atom is 0.211 e. The molecule has 1 aliphatic heterocycles. The fraction of sp³-hybridized carbons (Fsp3) is 0.360. The van der Waals surface area contributed by atoms with Crippen LogP contribution in [0.15, 0.2) is 42.6 Å². The summed E-state index contributed by atoms with van der Waals surface area (Å²) in [5, 5.41) is 0.559. The molecule has 4 aromatic rings. The normalized spacial score (nSPS) is 15.7. The number of piperidine rings is 1. The third-order valence-corrected chi connectivity index (χ3v) is 9.65. The Bertz CT molecular complexity index is 1610. The molecule has 0 saturated carbocycles. The molecule has 1 fully saturated rings. The molecule has 1 saturated heterocycles. The maximum atomic E-state index is 13.6. The highest BCUT2D eigenvalue weighted by molar-refractivity contribution is 7.88. The van der Waals surface area contributed by atoms with Crippen LogP contribution >= 0.6 is 11.3 Å². The first-order chi connectivity index (χ1) is 18.4. The largest absolute Gasteiger partial charge is 0.320 e. The topological polar surface area (TPSA) is 70.8 Å². The van der Waals surface area contributed by atoms with Gasteiger partial charge in [0.2, 0.25) is 10.0 Å². The molecule has 39 heavy (non-hydrogen) atoms. The minimum atomic E-state index is -3.17. The summed E-state index contributed by atoms with van der Waals surface area (Å²) in [7, 11) is 5.40. The Labute approximate surface area is 237 Å². The molecule has 3 aromatic heterocycles. The molecular weight excluding hydrogens is 529 g/mol. The van der Waals surface area contributed by atoms with Crippen LogP contribution in [0.1, 0.15) is 36.9 Å². The first-order valence-corrected chi connectivity index (χ1v) is 16.0. The van der Waals surface area contributed by atoms with Crippen molar-refractivity contribution in [2.45, 2.75) is 37.3 Å². The number of aryl methyl sites for hydroxylation is 1. The van der Waals surface area contributed by atoms with Crippen molar-refractivity contribution in [1.29, 1.82) is 0 Å². The standard InChI is InChI=1S/C25H32B4FN5O2S2/c1-3-19-23(34-14-17(6-9-20(34)31-19)15-10-12-33(13-11-15)39(2,36)37)35(25(27,28)29)24-32-21(22(26)38-24)16-4-7-18(30)8-5-16/h4-9,14-15H,3,10-13,26-29H2,1-2H3. The molecule has 0 bridgehead atoms. The number of nitrogens with zero attached hydrogens (tertiary/aromatic N) is 5. The summed E-state index contributed by atoms with van der Waals surface area (Å²) in [5.74, 6) is 1.01. The van der Waals surface area contributed by atoms with Crippen LogP contribution in [-0.2, 0) is 16.4 Å². The number of anilines is 2. The monoisotopic (exact) mass is 561 g/mol. The van der Waals surface area contributed by atoms with E-state index >= 15 is 0 Å². The molecule has 1 aliphatic rings. The van der Waals surface area contributed by atoms with Crippen LogP contribution in [0.5, 0.6) is 0 Å². The molecule has 0 spiro atoms. The number of hydrogen-bond donors (Lipinski definition) is 0. The van der Waals surface area contributed by atoms with Crippen molar-refractivity contribution >= 4 is 74.1 Å². The van der Waals surface area contributed by atoms with E-state index in [1.165, 1.54) is 24.0 Å². The van der Waals surface area contributed by atoms with Gasteiger partial charge in [0, 0.05) is 24.8 Å². The van der Waals surface area contributed by atoms with Gasteiger partial charge in [0.25, 0.3) is 0 Å². The van der Waals surface area contributed by atoms with Crippen LogP contribution in [0.2, 0.25) is 0 Å². The quantitative estimate of drug-likeness (QED) is 0.302. The van der Waals surface area contributed by atoms with Crippen LogP contribution in [-0.4, -0.2) is 83.1 Å². The van der Waals surface area contributed by atoms with Crippen molar-refractivity contribution in [1.82, 2.24) is 18.7 Å². The number of benzene rings is 1. The van der Waals surface area contributed by atoms with Crippen molar-refractivity contribution in [2.75, 3.05) is 24.2 Å². The van der Waals surface area contributed by atoms with Crippen LogP contribution in [0.25, 0.3) is 16.9 Å². The minimum Gasteiger partial charge on any atom is -0.320 e. The van der Waals surface area contributed by atoms with Crippen LogP contribution in [0.3, 0.4) is 0 Å². The number of hydrogen-bond acceptors (Lipinski definition) is 6. The lowest BCUT2D eigenvalue weighted by Crippen LogP contribution is -2.49. The van der Waals surface area contributed by atoms with E-state index in [4.69, 9.17) is 9.97 Å². The zero-order valence-electron chi connectivity index (χ0n) is 23.4. The van der Waals surface area contributed by atoms with Crippen LogP contribution < -0.4 is 9.68 Å². The van der Waals surface area contributed by atoms with Gasteiger partial charge < -0.3 is 4.90 Å². The number of thiazole rings is 1.